The second kappa shape index (κ2) is 6.46. The summed E-state index contributed by atoms with van der Waals surface area (Å²) in [6, 6.07) is 9.68. The van der Waals surface area contributed by atoms with Gasteiger partial charge in [-0.3, -0.25) is 0 Å². The Balaban J connectivity index is 2.07. The van der Waals surface area contributed by atoms with Crippen LogP contribution in [0.5, 0.6) is 5.75 Å². The van der Waals surface area contributed by atoms with E-state index in [-0.39, 0.29) is 6.61 Å². The Hall–Kier alpha value is -1.06. The lowest BCUT2D eigenvalue weighted by Crippen LogP contribution is -2.23. The van der Waals surface area contributed by atoms with E-state index < -0.39 is 0 Å². The van der Waals surface area contributed by atoms with E-state index in [1.807, 2.05) is 30.3 Å². The average Bonchev–Trinajstić information content (AvgIpc) is 2.19. The van der Waals surface area contributed by atoms with Crippen LogP contribution in [0.1, 0.15) is 0 Å². The SMILES string of the molecule is OCCNCCOc1ccccc1. The third-order valence-corrected chi connectivity index (χ3v) is 1.58. The fraction of sp³-hybridized carbons (Fsp3) is 0.400. The molecular weight excluding hydrogens is 166 g/mol. The number of benzene rings is 1. The molecule has 0 saturated heterocycles. The second-order valence-electron chi connectivity index (χ2n) is 2.64. The molecule has 0 saturated carbocycles. The maximum absolute atomic E-state index is 8.48. The highest BCUT2D eigenvalue weighted by molar-refractivity contribution is 5.20. The van der Waals surface area contributed by atoms with Gasteiger partial charge in [-0.25, -0.2) is 0 Å². The van der Waals surface area contributed by atoms with Crippen molar-refractivity contribution in [1.29, 1.82) is 0 Å². The largest absolute Gasteiger partial charge is 0.492 e. The van der Waals surface area contributed by atoms with Crippen LogP contribution in [0.3, 0.4) is 0 Å². The summed E-state index contributed by atoms with van der Waals surface area (Å²) in [5, 5.41) is 11.5. The van der Waals surface area contributed by atoms with Gasteiger partial charge in [0.15, 0.2) is 0 Å². The fourth-order valence-electron chi connectivity index (χ4n) is 0.962. The molecule has 0 atom stereocenters. The van der Waals surface area contributed by atoms with Crippen LogP contribution in [0, 0.1) is 0 Å². The summed E-state index contributed by atoms with van der Waals surface area (Å²) in [7, 11) is 0. The molecular formula is C10H15NO2. The van der Waals surface area contributed by atoms with Crippen molar-refractivity contribution in [3.63, 3.8) is 0 Å². The number of rotatable bonds is 6. The van der Waals surface area contributed by atoms with Crippen molar-refractivity contribution >= 4 is 0 Å². The molecule has 0 fully saturated rings. The Bertz CT molecular complexity index is 213. The van der Waals surface area contributed by atoms with Crippen molar-refractivity contribution in [2.75, 3.05) is 26.3 Å². The van der Waals surface area contributed by atoms with Crippen LogP contribution in [0.25, 0.3) is 0 Å². The summed E-state index contributed by atoms with van der Waals surface area (Å²) in [5.74, 6) is 0.883. The molecule has 0 radical (unpaired) electrons. The quantitative estimate of drug-likeness (QED) is 0.633. The number of para-hydroxylation sites is 1. The van der Waals surface area contributed by atoms with Gasteiger partial charge in [-0.15, -0.1) is 0 Å². The molecule has 0 aliphatic rings. The zero-order valence-electron chi connectivity index (χ0n) is 7.57. The monoisotopic (exact) mass is 181 g/mol. The van der Waals surface area contributed by atoms with E-state index in [0.29, 0.717) is 13.2 Å². The lowest BCUT2D eigenvalue weighted by molar-refractivity contribution is 0.276. The van der Waals surface area contributed by atoms with Crippen molar-refractivity contribution in [2.24, 2.45) is 0 Å². The number of hydrogen-bond donors (Lipinski definition) is 2. The number of ether oxygens (including phenoxy) is 1. The highest BCUT2D eigenvalue weighted by Crippen LogP contribution is 2.07. The molecule has 0 aliphatic carbocycles. The van der Waals surface area contributed by atoms with Gasteiger partial charge >= 0.3 is 0 Å². The van der Waals surface area contributed by atoms with Crippen LogP contribution >= 0.6 is 0 Å². The molecule has 0 amide bonds. The van der Waals surface area contributed by atoms with Crippen LogP contribution in [0.15, 0.2) is 30.3 Å². The highest BCUT2D eigenvalue weighted by Gasteiger charge is 1.90. The molecule has 0 spiro atoms. The summed E-state index contributed by atoms with van der Waals surface area (Å²) < 4.78 is 5.41. The number of aliphatic hydroxyl groups is 1. The van der Waals surface area contributed by atoms with E-state index in [4.69, 9.17) is 9.84 Å². The molecule has 0 aliphatic heterocycles. The van der Waals surface area contributed by atoms with Crippen LogP contribution in [-0.4, -0.2) is 31.4 Å². The van der Waals surface area contributed by atoms with E-state index in [1.165, 1.54) is 0 Å². The third-order valence-electron chi connectivity index (χ3n) is 1.58. The highest BCUT2D eigenvalue weighted by atomic mass is 16.5. The summed E-state index contributed by atoms with van der Waals surface area (Å²) in [5.41, 5.74) is 0. The Morgan fingerprint density at radius 3 is 2.62 bits per heavy atom. The van der Waals surface area contributed by atoms with Gasteiger partial charge in [0.2, 0.25) is 0 Å². The van der Waals surface area contributed by atoms with Gasteiger partial charge < -0.3 is 15.2 Å². The zero-order valence-corrected chi connectivity index (χ0v) is 7.57. The number of nitrogens with one attached hydrogen (secondary N) is 1. The molecule has 13 heavy (non-hydrogen) atoms. The summed E-state index contributed by atoms with van der Waals surface area (Å²) in [6.07, 6.45) is 0. The van der Waals surface area contributed by atoms with Gasteiger partial charge in [0.05, 0.1) is 6.61 Å². The minimum absolute atomic E-state index is 0.172. The molecule has 72 valence electrons. The van der Waals surface area contributed by atoms with Crippen LogP contribution in [-0.2, 0) is 0 Å². The van der Waals surface area contributed by atoms with E-state index in [1.54, 1.807) is 0 Å². The van der Waals surface area contributed by atoms with Crippen molar-refractivity contribution in [2.45, 2.75) is 0 Å². The van der Waals surface area contributed by atoms with E-state index in [0.717, 1.165) is 12.3 Å². The van der Waals surface area contributed by atoms with Crippen LogP contribution in [0.4, 0.5) is 0 Å². The summed E-state index contributed by atoms with van der Waals surface area (Å²) in [6.45, 7) is 2.18. The predicted octanol–water partition coefficient (Wildman–Crippen LogP) is 0.647. The van der Waals surface area contributed by atoms with Gasteiger partial charge in [-0.2, -0.15) is 0 Å². The Labute approximate surface area is 78.3 Å². The molecule has 3 nitrogen and oxygen atoms in total. The normalized spacial score (nSPS) is 9.92. The summed E-state index contributed by atoms with van der Waals surface area (Å²) in [4.78, 5) is 0. The van der Waals surface area contributed by atoms with Crippen LogP contribution in [0.2, 0.25) is 0 Å². The lowest BCUT2D eigenvalue weighted by atomic mass is 10.3. The minimum atomic E-state index is 0.172. The van der Waals surface area contributed by atoms with Gasteiger partial charge in [-0.1, -0.05) is 18.2 Å². The standard InChI is InChI=1S/C10H15NO2/c12-8-6-11-7-9-13-10-4-2-1-3-5-10/h1-5,11-12H,6-9H2. The molecule has 0 unspecified atom stereocenters. The van der Waals surface area contributed by atoms with Crippen molar-refractivity contribution in [3.8, 4) is 5.75 Å². The third kappa shape index (κ3) is 4.50. The molecule has 3 heteroatoms. The van der Waals surface area contributed by atoms with Gasteiger partial charge in [0.1, 0.15) is 12.4 Å². The van der Waals surface area contributed by atoms with Gasteiger partial charge in [0.25, 0.3) is 0 Å². The van der Waals surface area contributed by atoms with Crippen molar-refractivity contribution in [3.05, 3.63) is 30.3 Å². The zero-order chi connectivity index (χ0) is 9.36. The smallest absolute Gasteiger partial charge is 0.119 e. The molecule has 0 heterocycles. The van der Waals surface area contributed by atoms with Crippen LogP contribution < -0.4 is 10.1 Å². The number of hydrogen-bond acceptors (Lipinski definition) is 3. The first-order chi connectivity index (χ1) is 6.43. The molecule has 2 N–H and O–H groups in total. The molecule has 1 aromatic carbocycles. The minimum Gasteiger partial charge on any atom is -0.492 e. The first-order valence-corrected chi connectivity index (χ1v) is 4.43. The maximum atomic E-state index is 8.48. The van der Waals surface area contributed by atoms with Gasteiger partial charge in [0, 0.05) is 13.1 Å². The Morgan fingerprint density at radius 1 is 1.15 bits per heavy atom. The molecule has 0 bridgehead atoms. The van der Waals surface area contributed by atoms with E-state index >= 15 is 0 Å². The van der Waals surface area contributed by atoms with Crippen molar-refractivity contribution in [1.82, 2.24) is 5.32 Å². The second-order valence-corrected chi connectivity index (χ2v) is 2.64. The molecule has 1 rings (SSSR count). The molecule has 1 aromatic rings. The maximum Gasteiger partial charge on any atom is 0.119 e. The first-order valence-electron chi connectivity index (χ1n) is 4.43. The fourth-order valence-corrected chi connectivity index (χ4v) is 0.962. The summed E-state index contributed by atoms with van der Waals surface area (Å²) >= 11 is 0. The predicted molar refractivity (Wildman–Crippen MR) is 51.9 cm³/mol. The number of aliphatic hydroxyl groups excluding tert-OH is 1. The van der Waals surface area contributed by atoms with E-state index in [2.05, 4.69) is 5.32 Å². The Morgan fingerprint density at radius 2 is 1.92 bits per heavy atom. The van der Waals surface area contributed by atoms with Gasteiger partial charge in [-0.05, 0) is 12.1 Å². The van der Waals surface area contributed by atoms with E-state index in [9.17, 15) is 0 Å². The topological polar surface area (TPSA) is 41.5 Å². The van der Waals surface area contributed by atoms with Crippen molar-refractivity contribution < 1.29 is 9.84 Å². The average molecular weight is 181 g/mol. The first kappa shape index (κ1) is 10.0. The Kier molecular flexibility index (Phi) is 4.98. The molecule has 0 aromatic heterocycles. The lowest BCUT2D eigenvalue weighted by Gasteiger charge is -2.05.